The first-order valence-electron chi connectivity index (χ1n) is 8.83. The highest BCUT2D eigenvalue weighted by Gasteiger charge is 2.17. The van der Waals surface area contributed by atoms with Crippen molar-refractivity contribution in [3.05, 3.63) is 79.7 Å². The number of carbonyl (C=O) groups excluding carboxylic acids is 1. The molecule has 0 N–H and O–H groups in total. The van der Waals surface area contributed by atoms with Crippen LogP contribution >= 0.6 is 11.3 Å². The van der Waals surface area contributed by atoms with Gasteiger partial charge in [0.2, 0.25) is 0 Å². The van der Waals surface area contributed by atoms with Gasteiger partial charge in [0.25, 0.3) is 5.56 Å². The maximum absolute atomic E-state index is 13.2. The van der Waals surface area contributed by atoms with E-state index < -0.39 is 5.97 Å². The van der Waals surface area contributed by atoms with E-state index in [2.05, 4.69) is 0 Å². The van der Waals surface area contributed by atoms with Crippen LogP contribution in [0.1, 0.15) is 12.5 Å². The zero-order valence-corrected chi connectivity index (χ0v) is 16.7. The number of hydrogen-bond donors (Lipinski definition) is 0. The molecule has 2 aromatic carbocycles. The molecule has 0 aliphatic rings. The van der Waals surface area contributed by atoms with Gasteiger partial charge < -0.3 is 9.47 Å². The summed E-state index contributed by atoms with van der Waals surface area (Å²) in [6.45, 7) is 1.80. The van der Waals surface area contributed by atoms with Gasteiger partial charge in [0.1, 0.15) is 16.5 Å². The Morgan fingerprint density at radius 1 is 1.17 bits per heavy atom. The standard InChI is InChI=1S/C22H18N2O4S/c1-3-28-22(26)18(14-23)21-24(16-7-5-4-6-8-16)20(25)19(29-21)13-15-9-11-17(27-2)12-10-15/h4-13H,3H2,1-2H3/b19-13+,21-18+. The summed E-state index contributed by atoms with van der Waals surface area (Å²) >= 11 is 1.08. The number of benzene rings is 2. The SMILES string of the molecule is CCOC(=O)/C(C#N)=c1/s/c(=C/c2ccc(OC)cc2)c(=O)n1-c1ccccc1. The van der Waals surface area contributed by atoms with E-state index in [-0.39, 0.29) is 22.4 Å². The van der Waals surface area contributed by atoms with Gasteiger partial charge in [-0.2, -0.15) is 5.26 Å². The molecule has 0 saturated carbocycles. The third kappa shape index (κ3) is 4.28. The summed E-state index contributed by atoms with van der Waals surface area (Å²) in [7, 11) is 1.58. The fraction of sp³-hybridized carbons (Fsp3) is 0.136. The summed E-state index contributed by atoms with van der Waals surface area (Å²) in [6, 6.07) is 18.0. The molecule has 0 radical (unpaired) electrons. The number of rotatable bonds is 5. The van der Waals surface area contributed by atoms with E-state index in [1.807, 2.05) is 24.3 Å². The van der Waals surface area contributed by atoms with Crippen LogP contribution in [0, 0.1) is 11.3 Å². The third-order valence-electron chi connectivity index (χ3n) is 4.06. The summed E-state index contributed by atoms with van der Waals surface area (Å²) in [5, 5.41) is 9.57. The lowest BCUT2D eigenvalue weighted by Gasteiger charge is -2.03. The van der Waals surface area contributed by atoms with Crippen molar-refractivity contribution in [2.75, 3.05) is 13.7 Å². The average Bonchev–Trinajstić information content (AvgIpc) is 3.05. The fourth-order valence-corrected chi connectivity index (χ4v) is 3.79. The Bertz CT molecular complexity index is 1230. The first-order valence-corrected chi connectivity index (χ1v) is 9.65. The number of hydrogen-bond acceptors (Lipinski definition) is 6. The normalized spacial score (nSPS) is 12.2. The van der Waals surface area contributed by atoms with Gasteiger partial charge in [0.15, 0.2) is 5.57 Å². The lowest BCUT2D eigenvalue weighted by atomic mass is 10.2. The predicted molar refractivity (Wildman–Crippen MR) is 111 cm³/mol. The van der Waals surface area contributed by atoms with Crippen LogP contribution in [-0.4, -0.2) is 24.3 Å². The molecule has 1 heterocycles. The molecular weight excluding hydrogens is 388 g/mol. The number of carbonyl (C=O) groups is 1. The van der Waals surface area contributed by atoms with Crippen molar-refractivity contribution in [2.24, 2.45) is 0 Å². The summed E-state index contributed by atoms with van der Waals surface area (Å²) in [6.07, 6.45) is 1.72. The second kappa shape index (κ2) is 9.04. The maximum Gasteiger partial charge on any atom is 0.351 e. The topological polar surface area (TPSA) is 81.3 Å². The van der Waals surface area contributed by atoms with Gasteiger partial charge in [-0.15, -0.1) is 11.3 Å². The minimum absolute atomic E-state index is 0.135. The predicted octanol–water partition coefficient (Wildman–Crippen LogP) is 1.97. The smallest absolute Gasteiger partial charge is 0.351 e. The number of ether oxygens (including phenoxy) is 2. The van der Waals surface area contributed by atoms with Gasteiger partial charge in [-0.3, -0.25) is 9.36 Å². The molecule has 6 nitrogen and oxygen atoms in total. The van der Waals surface area contributed by atoms with E-state index in [4.69, 9.17) is 9.47 Å². The van der Waals surface area contributed by atoms with Crippen LogP contribution in [0.3, 0.4) is 0 Å². The zero-order valence-electron chi connectivity index (χ0n) is 15.9. The largest absolute Gasteiger partial charge is 0.497 e. The van der Waals surface area contributed by atoms with Crippen molar-refractivity contribution in [3.63, 3.8) is 0 Å². The minimum Gasteiger partial charge on any atom is -0.497 e. The highest BCUT2D eigenvalue weighted by atomic mass is 32.1. The van der Waals surface area contributed by atoms with E-state index in [1.165, 1.54) is 4.57 Å². The first kappa shape index (κ1) is 20.1. The number of aromatic nitrogens is 1. The highest BCUT2D eigenvalue weighted by molar-refractivity contribution is 7.07. The molecule has 3 rings (SSSR count). The molecule has 146 valence electrons. The van der Waals surface area contributed by atoms with Crippen LogP contribution in [0.2, 0.25) is 0 Å². The molecule has 0 amide bonds. The van der Waals surface area contributed by atoms with Crippen LogP contribution in [0.4, 0.5) is 0 Å². The summed E-state index contributed by atoms with van der Waals surface area (Å²) in [5.41, 5.74) is 0.844. The summed E-state index contributed by atoms with van der Waals surface area (Å²) in [4.78, 5) is 25.5. The van der Waals surface area contributed by atoms with E-state index in [0.29, 0.717) is 16.0 Å². The van der Waals surface area contributed by atoms with Crippen molar-refractivity contribution in [3.8, 4) is 17.5 Å². The second-order valence-electron chi connectivity index (χ2n) is 5.87. The van der Waals surface area contributed by atoms with Crippen molar-refractivity contribution in [1.82, 2.24) is 4.57 Å². The van der Waals surface area contributed by atoms with Crippen molar-refractivity contribution >= 4 is 29.0 Å². The second-order valence-corrected chi connectivity index (χ2v) is 6.90. The van der Waals surface area contributed by atoms with Crippen molar-refractivity contribution in [1.29, 1.82) is 5.26 Å². The van der Waals surface area contributed by atoms with Gasteiger partial charge in [-0.25, -0.2) is 4.79 Å². The molecule has 0 fully saturated rings. The molecule has 0 spiro atoms. The van der Waals surface area contributed by atoms with E-state index >= 15 is 0 Å². The van der Waals surface area contributed by atoms with Crippen LogP contribution in [-0.2, 0) is 9.53 Å². The maximum atomic E-state index is 13.2. The van der Waals surface area contributed by atoms with Crippen LogP contribution < -0.4 is 19.5 Å². The van der Waals surface area contributed by atoms with Crippen molar-refractivity contribution < 1.29 is 14.3 Å². The molecule has 29 heavy (non-hydrogen) atoms. The molecule has 3 aromatic rings. The van der Waals surface area contributed by atoms with Crippen LogP contribution in [0.5, 0.6) is 5.75 Å². The van der Waals surface area contributed by atoms with E-state index in [0.717, 1.165) is 16.9 Å². The molecule has 0 atom stereocenters. The van der Waals surface area contributed by atoms with Gasteiger partial charge in [-0.05, 0) is 42.8 Å². The molecule has 0 unspecified atom stereocenters. The summed E-state index contributed by atoms with van der Waals surface area (Å²) in [5.74, 6) is -0.0462. The molecule has 0 saturated heterocycles. The molecular formula is C22H18N2O4S. The van der Waals surface area contributed by atoms with E-state index in [1.54, 1.807) is 56.5 Å². The van der Waals surface area contributed by atoms with Crippen LogP contribution in [0.15, 0.2) is 59.4 Å². The number of para-hydroxylation sites is 1. The van der Waals surface area contributed by atoms with Gasteiger partial charge >= 0.3 is 5.97 Å². The average molecular weight is 406 g/mol. The monoisotopic (exact) mass is 406 g/mol. The molecule has 7 heteroatoms. The molecule has 0 aliphatic carbocycles. The van der Waals surface area contributed by atoms with Gasteiger partial charge in [0, 0.05) is 0 Å². The number of nitrogens with zero attached hydrogens (tertiary/aromatic N) is 2. The van der Waals surface area contributed by atoms with Gasteiger partial charge in [0.05, 0.1) is 23.9 Å². The first-order chi connectivity index (χ1) is 14.1. The Hall–Kier alpha value is -3.63. The quantitative estimate of drug-likeness (QED) is 0.605. The van der Waals surface area contributed by atoms with Crippen LogP contribution in [0.25, 0.3) is 17.3 Å². The number of methoxy groups -OCH3 is 1. The van der Waals surface area contributed by atoms with E-state index in [9.17, 15) is 14.9 Å². The molecule has 0 aliphatic heterocycles. The Kier molecular flexibility index (Phi) is 6.27. The lowest BCUT2D eigenvalue weighted by molar-refractivity contribution is -0.136. The Morgan fingerprint density at radius 3 is 2.45 bits per heavy atom. The minimum atomic E-state index is -0.753. The van der Waals surface area contributed by atoms with Gasteiger partial charge in [-0.1, -0.05) is 30.3 Å². The number of thiazole rings is 1. The molecule has 0 bridgehead atoms. The highest BCUT2D eigenvalue weighted by Crippen LogP contribution is 2.11. The third-order valence-corrected chi connectivity index (χ3v) is 5.15. The Labute approximate surface area is 171 Å². The number of esters is 1. The fourth-order valence-electron chi connectivity index (χ4n) is 2.70. The number of nitriles is 1. The molecule has 1 aromatic heterocycles. The lowest BCUT2D eigenvalue weighted by Crippen LogP contribution is -2.31. The van der Waals surface area contributed by atoms with Crippen molar-refractivity contribution in [2.45, 2.75) is 6.92 Å². The Balaban J connectivity index is 2.32. The Morgan fingerprint density at radius 2 is 1.86 bits per heavy atom. The summed E-state index contributed by atoms with van der Waals surface area (Å²) < 4.78 is 12.2. The zero-order chi connectivity index (χ0) is 20.8.